The fourth-order valence-corrected chi connectivity index (χ4v) is 1.70. The smallest absolute Gasteiger partial charge is 0.258 e. The zero-order valence-corrected chi connectivity index (χ0v) is 10.9. The number of nitrogens with zero attached hydrogens (tertiary/aromatic N) is 3. The molecule has 0 unspecified atom stereocenters. The average molecular weight is 286 g/mol. The molecule has 2 rings (SSSR count). The molecule has 20 heavy (non-hydrogen) atoms. The highest BCUT2D eigenvalue weighted by molar-refractivity contribution is 6.32. The van der Waals surface area contributed by atoms with E-state index in [1.165, 1.54) is 12.1 Å². The third-order valence-corrected chi connectivity index (χ3v) is 2.85. The third-order valence-electron chi connectivity index (χ3n) is 2.53. The number of hydrogen-bond acceptors (Lipinski definition) is 4. The number of hydrogen-bond donors (Lipinski definition) is 0. The van der Waals surface area contributed by atoms with Crippen LogP contribution in [0.15, 0.2) is 47.5 Å². The number of aliphatic imine (C=N–C) groups is 1. The van der Waals surface area contributed by atoms with E-state index in [0.717, 1.165) is 5.56 Å². The maximum atomic E-state index is 10.8. The van der Waals surface area contributed by atoms with Crippen molar-refractivity contribution >= 4 is 29.2 Å². The Labute approximate surface area is 119 Å². The highest BCUT2D eigenvalue weighted by Crippen LogP contribution is 2.28. The minimum atomic E-state index is -0.553. The summed E-state index contributed by atoms with van der Waals surface area (Å²) in [6.45, 7) is 0. The van der Waals surface area contributed by atoms with Crippen LogP contribution in [0.1, 0.15) is 11.1 Å². The quantitative estimate of drug-likeness (QED) is 0.488. The van der Waals surface area contributed by atoms with E-state index >= 15 is 0 Å². The number of nitro groups is 1. The first kappa shape index (κ1) is 13.7. The van der Waals surface area contributed by atoms with Gasteiger partial charge in [-0.15, -0.1) is 0 Å². The second-order valence-electron chi connectivity index (χ2n) is 3.88. The predicted molar refractivity (Wildman–Crippen MR) is 76.5 cm³/mol. The monoisotopic (exact) mass is 285 g/mol. The van der Waals surface area contributed by atoms with Crippen LogP contribution in [0.5, 0.6) is 0 Å². The topological polar surface area (TPSA) is 79.3 Å². The molecule has 0 radical (unpaired) electrons. The standard InChI is InChI=1S/C14H8ClN3O2/c15-13-6-5-12(7-14(13)18(19)20)17-9-11-3-1-10(8-16)2-4-11/h1-7,9H. The molecule has 0 spiro atoms. The Balaban J connectivity index is 2.25. The van der Waals surface area contributed by atoms with E-state index in [0.29, 0.717) is 11.3 Å². The van der Waals surface area contributed by atoms with Crippen molar-refractivity contribution in [1.29, 1.82) is 5.26 Å². The summed E-state index contributed by atoms with van der Waals surface area (Å²) in [5.41, 5.74) is 1.61. The van der Waals surface area contributed by atoms with E-state index in [1.54, 1.807) is 36.5 Å². The van der Waals surface area contributed by atoms with E-state index in [1.807, 2.05) is 6.07 Å². The number of rotatable bonds is 3. The minimum absolute atomic E-state index is 0.0762. The van der Waals surface area contributed by atoms with Crippen LogP contribution < -0.4 is 0 Å². The average Bonchev–Trinajstić information content (AvgIpc) is 2.46. The third kappa shape index (κ3) is 3.19. The van der Waals surface area contributed by atoms with Gasteiger partial charge in [0.05, 0.1) is 22.2 Å². The van der Waals surface area contributed by atoms with Crippen molar-refractivity contribution in [2.75, 3.05) is 0 Å². The molecule has 6 heteroatoms. The molecule has 0 bridgehead atoms. The first-order valence-corrected chi connectivity index (χ1v) is 5.96. The second kappa shape index (κ2) is 5.95. The normalized spacial score (nSPS) is 10.4. The van der Waals surface area contributed by atoms with Crippen LogP contribution in [0.3, 0.4) is 0 Å². The lowest BCUT2D eigenvalue weighted by Crippen LogP contribution is -1.88. The summed E-state index contributed by atoms with van der Waals surface area (Å²) < 4.78 is 0. The van der Waals surface area contributed by atoms with E-state index in [4.69, 9.17) is 16.9 Å². The summed E-state index contributed by atoms with van der Waals surface area (Å²) in [6, 6.07) is 13.2. The van der Waals surface area contributed by atoms with Crippen LogP contribution in [0, 0.1) is 21.4 Å². The Kier molecular flexibility index (Phi) is 4.08. The van der Waals surface area contributed by atoms with Crippen molar-refractivity contribution in [3.63, 3.8) is 0 Å². The number of benzene rings is 2. The summed E-state index contributed by atoms with van der Waals surface area (Å²) >= 11 is 5.72. The van der Waals surface area contributed by atoms with Crippen molar-refractivity contribution in [2.45, 2.75) is 0 Å². The summed E-state index contributed by atoms with van der Waals surface area (Å²) in [5.74, 6) is 0. The fraction of sp³-hybridized carbons (Fsp3) is 0. The van der Waals surface area contributed by atoms with Crippen molar-refractivity contribution in [1.82, 2.24) is 0 Å². The molecule has 0 aliphatic heterocycles. The van der Waals surface area contributed by atoms with Gasteiger partial charge < -0.3 is 0 Å². The van der Waals surface area contributed by atoms with Crippen molar-refractivity contribution in [2.24, 2.45) is 4.99 Å². The fourth-order valence-electron chi connectivity index (χ4n) is 1.51. The zero-order chi connectivity index (χ0) is 14.5. The summed E-state index contributed by atoms with van der Waals surface area (Å²) in [4.78, 5) is 14.4. The minimum Gasteiger partial charge on any atom is -0.258 e. The zero-order valence-electron chi connectivity index (χ0n) is 10.2. The maximum absolute atomic E-state index is 10.8. The van der Waals surface area contributed by atoms with Crippen molar-refractivity contribution < 1.29 is 4.92 Å². The lowest BCUT2D eigenvalue weighted by Gasteiger charge is -1.97. The van der Waals surface area contributed by atoms with Gasteiger partial charge in [-0.1, -0.05) is 23.7 Å². The van der Waals surface area contributed by atoms with Crippen molar-refractivity contribution in [3.05, 3.63) is 68.7 Å². The molecule has 0 atom stereocenters. The highest BCUT2D eigenvalue weighted by Gasteiger charge is 2.11. The summed E-state index contributed by atoms with van der Waals surface area (Å²) in [6.07, 6.45) is 1.56. The van der Waals surface area contributed by atoms with Gasteiger partial charge in [0, 0.05) is 12.3 Å². The lowest BCUT2D eigenvalue weighted by atomic mass is 10.2. The molecule has 5 nitrogen and oxygen atoms in total. The molecule has 0 aliphatic rings. The van der Waals surface area contributed by atoms with Crippen LogP contribution in [0.4, 0.5) is 11.4 Å². The Morgan fingerprint density at radius 1 is 1.25 bits per heavy atom. The molecule has 0 aliphatic carbocycles. The van der Waals surface area contributed by atoms with Gasteiger partial charge in [-0.25, -0.2) is 0 Å². The van der Waals surface area contributed by atoms with E-state index in [9.17, 15) is 10.1 Å². The van der Waals surface area contributed by atoms with Gasteiger partial charge in [0.15, 0.2) is 0 Å². The van der Waals surface area contributed by atoms with E-state index < -0.39 is 4.92 Å². The Morgan fingerprint density at radius 3 is 2.55 bits per heavy atom. The van der Waals surface area contributed by atoms with Gasteiger partial charge in [0.25, 0.3) is 5.69 Å². The lowest BCUT2D eigenvalue weighted by molar-refractivity contribution is -0.384. The molecule has 0 saturated carbocycles. The largest absolute Gasteiger partial charge is 0.290 e. The van der Waals surface area contributed by atoms with Gasteiger partial charge in [0.1, 0.15) is 5.02 Å². The second-order valence-corrected chi connectivity index (χ2v) is 4.29. The highest BCUT2D eigenvalue weighted by atomic mass is 35.5. The molecule has 98 valence electrons. The Bertz CT molecular complexity index is 718. The molecule has 0 saturated heterocycles. The van der Waals surface area contributed by atoms with Crippen LogP contribution in [0.2, 0.25) is 5.02 Å². The molecule has 0 N–H and O–H groups in total. The maximum Gasteiger partial charge on any atom is 0.290 e. The molecule has 2 aromatic carbocycles. The first-order valence-electron chi connectivity index (χ1n) is 5.58. The molecule has 0 aromatic heterocycles. The van der Waals surface area contributed by atoms with Crippen LogP contribution in [0.25, 0.3) is 0 Å². The SMILES string of the molecule is N#Cc1ccc(C=Nc2ccc(Cl)c([N+](=O)[O-])c2)cc1. The molecule has 2 aromatic rings. The van der Waals surface area contributed by atoms with Gasteiger partial charge in [-0.05, 0) is 29.8 Å². The van der Waals surface area contributed by atoms with Gasteiger partial charge in [0.2, 0.25) is 0 Å². The van der Waals surface area contributed by atoms with Gasteiger partial charge >= 0.3 is 0 Å². The Morgan fingerprint density at radius 2 is 1.95 bits per heavy atom. The van der Waals surface area contributed by atoms with Crippen LogP contribution in [-0.4, -0.2) is 11.1 Å². The van der Waals surface area contributed by atoms with Crippen LogP contribution in [-0.2, 0) is 0 Å². The number of halogens is 1. The summed E-state index contributed by atoms with van der Waals surface area (Å²) in [5, 5.41) is 19.5. The Hall–Kier alpha value is -2.71. The van der Waals surface area contributed by atoms with E-state index in [2.05, 4.69) is 4.99 Å². The first-order chi connectivity index (χ1) is 9.60. The van der Waals surface area contributed by atoms with Crippen molar-refractivity contribution in [3.8, 4) is 6.07 Å². The number of nitriles is 1. The molecule has 0 amide bonds. The molecular weight excluding hydrogens is 278 g/mol. The molecule has 0 heterocycles. The van der Waals surface area contributed by atoms with Crippen LogP contribution >= 0.6 is 11.6 Å². The predicted octanol–water partition coefficient (Wildman–Crippen LogP) is 3.87. The summed E-state index contributed by atoms with van der Waals surface area (Å²) in [7, 11) is 0. The number of nitro benzene ring substituents is 1. The van der Waals surface area contributed by atoms with Gasteiger partial charge in [-0.3, -0.25) is 15.1 Å². The molecular formula is C14H8ClN3O2. The van der Waals surface area contributed by atoms with E-state index in [-0.39, 0.29) is 10.7 Å². The van der Waals surface area contributed by atoms with Gasteiger partial charge in [-0.2, -0.15) is 5.26 Å². The molecule has 0 fully saturated rings.